The van der Waals surface area contributed by atoms with Crippen molar-refractivity contribution in [3.05, 3.63) is 18.2 Å². The molecule has 7 N–H and O–H groups in total. The number of carbonyl (C=O) groups excluding carboxylic acids is 1. The number of benzene rings is 1. The number of nitrogens with one attached hydrogen (secondary N) is 3. The van der Waals surface area contributed by atoms with Gasteiger partial charge in [0.25, 0.3) is 0 Å². The van der Waals surface area contributed by atoms with Crippen LogP contribution in [0.25, 0.3) is 10.9 Å². The number of aromatic nitrogens is 1. The quantitative estimate of drug-likeness (QED) is 0.299. The van der Waals surface area contributed by atoms with Gasteiger partial charge in [-0.15, -0.1) is 0 Å². The molecule has 24 heavy (non-hydrogen) atoms. The van der Waals surface area contributed by atoms with Gasteiger partial charge in [-0.25, -0.2) is 4.79 Å². The molecule has 0 radical (unpaired) electrons. The Labute approximate surface area is 136 Å². The normalized spacial score (nSPS) is 12.1. The Bertz CT molecular complexity index is 1030. The summed E-state index contributed by atoms with van der Waals surface area (Å²) in [4.78, 5) is 10.8. The molecule has 0 fully saturated rings. The summed E-state index contributed by atoms with van der Waals surface area (Å²) in [5, 5.41) is -0.143. The van der Waals surface area contributed by atoms with Crippen LogP contribution < -0.4 is 21.3 Å². The number of primary amides is 1. The smallest absolute Gasteiger partial charge is 0.350 e. The number of fused-ring (bicyclic) bond motifs is 1. The highest BCUT2D eigenvalue weighted by Crippen LogP contribution is 2.31. The molecule has 0 saturated carbocycles. The Morgan fingerprint density at radius 1 is 1.12 bits per heavy atom. The van der Waals surface area contributed by atoms with Gasteiger partial charge < -0.3 is 10.3 Å². The summed E-state index contributed by atoms with van der Waals surface area (Å²) in [7, 11) is -7.84. The van der Waals surface area contributed by atoms with E-state index in [1.54, 1.807) is 4.72 Å². The van der Waals surface area contributed by atoms with Crippen LogP contribution >= 0.6 is 0 Å². The van der Waals surface area contributed by atoms with E-state index in [9.17, 15) is 26.2 Å². The first-order valence-corrected chi connectivity index (χ1v) is 8.94. The average Bonchev–Trinajstić information content (AvgIpc) is 2.71. The van der Waals surface area contributed by atoms with Crippen molar-refractivity contribution in [3.63, 3.8) is 0 Å². The highest BCUT2D eigenvalue weighted by atomic mass is 32.2. The molecule has 0 atom stereocenters. The molecule has 0 aliphatic rings. The molecule has 1 aromatic carbocycles. The molecular formula is C10H13N5O7S2. The number of aryl methyl sites for hydroxylation is 1. The number of rotatable bonds is 5. The first-order valence-electron chi connectivity index (χ1n) is 6.06. The van der Waals surface area contributed by atoms with Crippen molar-refractivity contribution in [1.29, 1.82) is 0 Å². The van der Waals surface area contributed by atoms with Gasteiger partial charge in [0.05, 0.1) is 16.9 Å². The number of amides is 2. The predicted molar refractivity (Wildman–Crippen MR) is 84.2 cm³/mol. The average molecular weight is 379 g/mol. The molecular weight excluding hydrogens is 366 g/mol. The molecule has 12 nitrogen and oxygen atoms in total. The minimum Gasteiger partial charge on any atom is -0.350 e. The molecule has 0 bridgehead atoms. The van der Waals surface area contributed by atoms with Crippen molar-refractivity contribution in [1.82, 2.24) is 9.99 Å². The van der Waals surface area contributed by atoms with Crippen LogP contribution in [0, 0.1) is 0 Å². The van der Waals surface area contributed by atoms with Gasteiger partial charge >= 0.3 is 26.5 Å². The molecule has 14 heteroatoms. The fourth-order valence-electron chi connectivity index (χ4n) is 2.06. The van der Waals surface area contributed by atoms with Gasteiger partial charge in [-0.1, -0.05) is 0 Å². The lowest BCUT2D eigenvalue weighted by Crippen LogP contribution is -2.34. The van der Waals surface area contributed by atoms with E-state index in [2.05, 4.69) is 5.43 Å². The second-order valence-corrected chi connectivity index (χ2v) is 7.19. The van der Waals surface area contributed by atoms with Crippen molar-refractivity contribution in [2.24, 2.45) is 12.8 Å². The maximum Gasteiger partial charge on any atom is 0.357 e. The van der Waals surface area contributed by atoms with E-state index in [-0.39, 0.29) is 16.9 Å². The van der Waals surface area contributed by atoms with E-state index in [4.69, 9.17) is 10.3 Å². The van der Waals surface area contributed by atoms with Gasteiger partial charge in [0, 0.05) is 12.4 Å². The van der Waals surface area contributed by atoms with Crippen LogP contribution in [0.2, 0.25) is 0 Å². The van der Waals surface area contributed by atoms with Crippen LogP contribution in [0.1, 0.15) is 0 Å². The summed E-state index contributed by atoms with van der Waals surface area (Å²) in [5.41, 5.74) is 9.19. The first-order chi connectivity index (χ1) is 10.9. The Balaban J connectivity index is 2.68. The molecule has 1 aromatic heterocycles. The number of hydrogen-bond donors (Lipinski definition) is 6. The van der Waals surface area contributed by atoms with Crippen LogP contribution in [0.15, 0.2) is 23.2 Å². The molecule has 132 valence electrons. The summed E-state index contributed by atoms with van der Waals surface area (Å²) in [6.45, 7) is 0. The van der Waals surface area contributed by atoms with Crippen LogP contribution in [0.4, 0.5) is 16.2 Å². The number of hydrazine groups is 1. The van der Waals surface area contributed by atoms with E-state index < -0.39 is 31.5 Å². The summed E-state index contributed by atoms with van der Waals surface area (Å²) in [6.07, 6.45) is 0. The van der Waals surface area contributed by atoms with Gasteiger partial charge in [-0.3, -0.25) is 24.7 Å². The van der Waals surface area contributed by atoms with Gasteiger partial charge in [0.15, 0.2) is 5.03 Å². The van der Waals surface area contributed by atoms with E-state index in [0.29, 0.717) is 5.39 Å². The Hall–Kier alpha value is -2.55. The SMILES string of the molecule is Cn1c(S(=O)(=O)O)cc2cc(NNC(N)=O)c(NS(=O)(=O)O)cc21. The Morgan fingerprint density at radius 2 is 1.75 bits per heavy atom. The minimum atomic E-state index is -4.65. The van der Waals surface area contributed by atoms with Crippen molar-refractivity contribution in [2.75, 3.05) is 10.1 Å². The fraction of sp³-hybridized carbons (Fsp3) is 0.100. The van der Waals surface area contributed by atoms with Gasteiger partial charge in [-0.05, 0) is 18.2 Å². The van der Waals surface area contributed by atoms with E-state index in [1.807, 2.05) is 5.43 Å². The molecule has 1 heterocycles. The zero-order valence-corrected chi connectivity index (χ0v) is 13.6. The van der Waals surface area contributed by atoms with E-state index in [1.165, 1.54) is 19.2 Å². The number of anilines is 2. The highest BCUT2D eigenvalue weighted by Gasteiger charge is 2.19. The summed E-state index contributed by atoms with van der Waals surface area (Å²) < 4.78 is 65.7. The summed E-state index contributed by atoms with van der Waals surface area (Å²) >= 11 is 0. The second-order valence-electron chi connectivity index (χ2n) is 4.66. The third kappa shape index (κ3) is 3.85. The van der Waals surface area contributed by atoms with Crippen molar-refractivity contribution in [2.45, 2.75) is 5.03 Å². The molecule has 0 saturated heterocycles. The number of urea groups is 1. The zero-order chi connectivity index (χ0) is 18.3. The van der Waals surface area contributed by atoms with Crippen LogP contribution in [-0.2, 0) is 27.5 Å². The Morgan fingerprint density at radius 3 is 2.25 bits per heavy atom. The molecule has 0 unspecified atom stereocenters. The standard InChI is InChI=1S/C10H13N5O7S2/c1-15-8-4-7(14-24(20,21)22)6(12-13-10(11)16)2-5(8)3-9(15)23(17,18)19/h2-4,12,14H,1H3,(H3,11,13,16)(H,17,18,19)(H,20,21,22). The van der Waals surface area contributed by atoms with Gasteiger partial charge in [0.2, 0.25) is 0 Å². The Kier molecular flexibility index (Phi) is 4.32. The van der Waals surface area contributed by atoms with Gasteiger partial charge in [-0.2, -0.15) is 16.8 Å². The van der Waals surface area contributed by atoms with Crippen LogP contribution in [0.5, 0.6) is 0 Å². The molecule has 2 rings (SSSR count). The number of nitrogens with two attached hydrogens (primary N) is 1. The van der Waals surface area contributed by atoms with Gasteiger partial charge in [0.1, 0.15) is 0 Å². The fourth-order valence-corrected chi connectivity index (χ4v) is 3.23. The van der Waals surface area contributed by atoms with Crippen LogP contribution in [-0.4, -0.2) is 36.5 Å². The predicted octanol–water partition coefficient (Wildman–Crippen LogP) is -0.365. The summed E-state index contributed by atoms with van der Waals surface area (Å²) in [6, 6.07) is 2.62. The maximum atomic E-state index is 11.3. The number of nitrogens with zero attached hydrogens (tertiary/aromatic N) is 1. The lowest BCUT2D eigenvalue weighted by molar-refractivity contribution is 0.250. The van der Waals surface area contributed by atoms with Crippen molar-refractivity contribution >= 4 is 48.7 Å². The van der Waals surface area contributed by atoms with Crippen LogP contribution in [0.3, 0.4) is 0 Å². The lowest BCUT2D eigenvalue weighted by Gasteiger charge is -2.13. The topological polar surface area (TPSA) is 193 Å². The minimum absolute atomic E-state index is 0.0357. The molecule has 0 aliphatic heterocycles. The van der Waals surface area contributed by atoms with Crippen molar-refractivity contribution < 1.29 is 30.7 Å². The highest BCUT2D eigenvalue weighted by molar-refractivity contribution is 7.87. The molecule has 0 aliphatic carbocycles. The molecule has 2 aromatic rings. The monoisotopic (exact) mass is 379 g/mol. The zero-order valence-electron chi connectivity index (χ0n) is 12.0. The summed E-state index contributed by atoms with van der Waals surface area (Å²) in [5.74, 6) is 0. The van der Waals surface area contributed by atoms with Crippen molar-refractivity contribution in [3.8, 4) is 0 Å². The molecule has 2 amide bonds. The number of carbonyl (C=O) groups is 1. The van der Waals surface area contributed by atoms with E-state index >= 15 is 0 Å². The third-order valence-corrected chi connectivity index (χ3v) is 4.36. The first kappa shape index (κ1) is 17.8. The number of hydrogen-bond acceptors (Lipinski definition) is 6. The third-order valence-electron chi connectivity index (χ3n) is 2.96. The second kappa shape index (κ2) is 5.82. The largest absolute Gasteiger partial charge is 0.357 e. The molecule has 0 spiro atoms. The lowest BCUT2D eigenvalue weighted by atomic mass is 10.2. The maximum absolute atomic E-state index is 11.3. The van der Waals surface area contributed by atoms with E-state index in [0.717, 1.165) is 10.6 Å².